The van der Waals surface area contributed by atoms with Gasteiger partial charge in [0.05, 0.1) is 0 Å². The van der Waals surface area contributed by atoms with Crippen LogP contribution < -0.4 is 0 Å². The molecule has 2 aromatic rings. The maximum atomic E-state index is 10.5. The van der Waals surface area contributed by atoms with E-state index in [4.69, 9.17) is 11.6 Å². The van der Waals surface area contributed by atoms with Crippen molar-refractivity contribution in [1.82, 2.24) is 15.0 Å². The standard InChI is InChI=1S/C9H6ClN3O/c10-8-7(5-14)12-9(13-8)6-1-3-11-4-2-6/h1-5H,(H,12,13). The highest BCUT2D eigenvalue weighted by Crippen LogP contribution is 2.19. The molecule has 0 spiro atoms. The average molecular weight is 208 g/mol. The summed E-state index contributed by atoms with van der Waals surface area (Å²) in [6.45, 7) is 0. The first-order chi connectivity index (χ1) is 6.81. The van der Waals surface area contributed by atoms with E-state index in [1.165, 1.54) is 0 Å². The van der Waals surface area contributed by atoms with Crippen molar-refractivity contribution in [2.24, 2.45) is 0 Å². The Bertz CT molecular complexity index is 452. The van der Waals surface area contributed by atoms with Crippen molar-refractivity contribution < 1.29 is 4.79 Å². The molecule has 0 saturated heterocycles. The second-order valence-electron chi connectivity index (χ2n) is 2.64. The number of nitrogens with zero attached hydrogens (tertiary/aromatic N) is 2. The summed E-state index contributed by atoms with van der Waals surface area (Å²) in [7, 11) is 0. The maximum absolute atomic E-state index is 10.5. The van der Waals surface area contributed by atoms with E-state index < -0.39 is 0 Å². The monoisotopic (exact) mass is 207 g/mol. The van der Waals surface area contributed by atoms with Crippen LogP contribution in [-0.2, 0) is 0 Å². The van der Waals surface area contributed by atoms with E-state index in [2.05, 4.69) is 15.0 Å². The van der Waals surface area contributed by atoms with E-state index in [0.29, 0.717) is 12.1 Å². The van der Waals surface area contributed by atoms with Gasteiger partial charge in [-0.3, -0.25) is 9.78 Å². The molecule has 0 bridgehead atoms. The third-order valence-corrected chi connectivity index (χ3v) is 2.04. The molecular formula is C9H6ClN3O. The normalized spacial score (nSPS) is 10.1. The highest BCUT2D eigenvalue weighted by molar-refractivity contribution is 6.31. The van der Waals surface area contributed by atoms with E-state index in [9.17, 15) is 4.79 Å². The zero-order chi connectivity index (χ0) is 9.97. The van der Waals surface area contributed by atoms with E-state index in [1.54, 1.807) is 24.5 Å². The van der Waals surface area contributed by atoms with Gasteiger partial charge < -0.3 is 4.98 Å². The predicted molar refractivity (Wildman–Crippen MR) is 52.2 cm³/mol. The lowest BCUT2D eigenvalue weighted by atomic mass is 10.2. The van der Waals surface area contributed by atoms with Crippen LogP contribution in [0.15, 0.2) is 24.5 Å². The number of aromatic amines is 1. The third-order valence-electron chi connectivity index (χ3n) is 1.75. The SMILES string of the molecule is O=Cc1nc(-c2ccncc2)[nH]c1Cl. The van der Waals surface area contributed by atoms with Crippen molar-refractivity contribution in [3.05, 3.63) is 35.4 Å². The molecule has 0 aliphatic carbocycles. The van der Waals surface area contributed by atoms with Gasteiger partial charge in [-0.15, -0.1) is 0 Å². The van der Waals surface area contributed by atoms with Crippen molar-refractivity contribution in [3.8, 4) is 11.4 Å². The van der Waals surface area contributed by atoms with Gasteiger partial charge in [-0.2, -0.15) is 0 Å². The summed E-state index contributed by atoms with van der Waals surface area (Å²) in [4.78, 5) is 21.2. The number of hydrogen-bond acceptors (Lipinski definition) is 3. The number of halogens is 1. The minimum atomic E-state index is 0.221. The summed E-state index contributed by atoms with van der Waals surface area (Å²) in [6, 6.07) is 3.56. The third kappa shape index (κ3) is 1.52. The van der Waals surface area contributed by atoms with Gasteiger partial charge in [-0.05, 0) is 12.1 Å². The number of imidazole rings is 1. The van der Waals surface area contributed by atoms with Crippen LogP contribution in [0.1, 0.15) is 10.5 Å². The van der Waals surface area contributed by atoms with Crippen LogP contribution in [0, 0.1) is 0 Å². The molecule has 5 heteroatoms. The lowest BCUT2D eigenvalue weighted by molar-refractivity contribution is 0.111. The van der Waals surface area contributed by atoms with Gasteiger partial charge in [0.2, 0.25) is 0 Å². The number of nitrogens with one attached hydrogen (secondary N) is 1. The lowest BCUT2D eigenvalue weighted by Crippen LogP contribution is -1.81. The molecule has 0 aliphatic heterocycles. The Balaban J connectivity index is 2.48. The molecule has 0 aromatic carbocycles. The fourth-order valence-electron chi connectivity index (χ4n) is 1.09. The Morgan fingerprint density at radius 1 is 1.36 bits per heavy atom. The Labute approximate surface area is 85.0 Å². The van der Waals surface area contributed by atoms with Gasteiger partial charge in [0.15, 0.2) is 6.29 Å². The van der Waals surface area contributed by atoms with Gasteiger partial charge in [0, 0.05) is 18.0 Å². The van der Waals surface area contributed by atoms with Crippen LogP contribution in [0.3, 0.4) is 0 Å². The first kappa shape index (κ1) is 8.90. The fourth-order valence-corrected chi connectivity index (χ4v) is 1.27. The Morgan fingerprint density at radius 3 is 2.64 bits per heavy atom. The second-order valence-corrected chi connectivity index (χ2v) is 3.02. The van der Waals surface area contributed by atoms with Crippen molar-refractivity contribution >= 4 is 17.9 Å². The van der Waals surface area contributed by atoms with Crippen LogP contribution in [-0.4, -0.2) is 21.2 Å². The molecule has 14 heavy (non-hydrogen) atoms. The van der Waals surface area contributed by atoms with Crippen LogP contribution in [0.5, 0.6) is 0 Å². The molecule has 2 rings (SSSR count). The molecule has 0 fully saturated rings. The van der Waals surface area contributed by atoms with Crippen molar-refractivity contribution in [2.45, 2.75) is 0 Å². The molecule has 0 aliphatic rings. The van der Waals surface area contributed by atoms with Gasteiger partial charge in [0.1, 0.15) is 16.7 Å². The number of hydrogen-bond donors (Lipinski definition) is 1. The Kier molecular flexibility index (Phi) is 2.28. The summed E-state index contributed by atoms with van der Waals surface area (Å²) < 4.78 is 0. The van der Waals surface area contributed by atoms with Crippen molar-refractivity contribution in [1.29, 1.82) is 0 Å². The van der Waals surface area contributed by atoms with E-state index in [-0.39, 0.29) is 10.8 Å². The minimum Gasteiger partial charge on any atom is -0.328 e. The first-order valence-electron chi connectivity index (χ1n) is 3.92. The Morgan fingerprint density at radius 2 is 2.07 bits per heavy atom. The van der Waals surface area contributed by atoms with Gasteiger partial charge in [-0.1, -0.05) is 11.6 Å². The molecule has 0 unspecified atom stereocenters. The number of carbonyl (C=O) groups is 1. The topological polar surface area (TPSA) is 58.6 Å². The molecule has 2 heterocycles. The van der Waals surface area contributed by atoms with E-state index in [0.717, 1.165) is 5.56 Å². The largest absolute Gasteiger partial charge is 0.328 e. The van der Waals surface area contributed by atoms with E-state index in [1.807, 2.05) is 0 Å². The number of aromatic nitrogens is 3. The molecule has 1 N–H and O–H groups in total. The zero-order valence-corrected chi connectivity index (χ0v) is 7.82. The molecule has 0 radical (unpaired) electrons. The summed E-state index contributed by atoms with van der Waals surface area (Å²) in [5.41, 5.74) is 1.06. The highest BCUT2D eigenvalue weighted by atomic mass is 35.5. The maximum Gasteiger partial charge on any atom is 0.171 e. The number of carbonyl (C=O) groups excluding carboxylic acids is 1. The summed E-state index contributed by atoms with van der Waals surface area (Å²) in [6.07, 6.45) is 3.90. The number of rotatable bonds is 2. The molecular weight excluding hydrogens is 202 g/mol. The van der Waals surface area contributed by atoms with Gasteiger partial charge >= 0.3 is 0 Å². The van der Waals surface area contributed by atoms with Crippen LogP contribution in [0.4, 0.5) is 0 Å². The van der Waals surface area contributed by atoms with Crippen LogP contribution >= 0.6 is 11.6 Å². The smallest absolute Gasteiger partial charge is 0.171 e. The molecule has 70 valence electrons. The summed E-state index contributed by atoms with van der Waals surface area (Å²) >= 11 is 5.73. The lowest BCUT2D eigenvalue weighted by Gasteiger charge is -1.92. The second kappa shape index (κ2) is 3.59. The minimum absolute atomic E-state index is 0.221. The van der Waals surface area contributed by atoms with Crippen molar-refractivity contribution in [3.63, 3.8) is 0 Å². The molecule has 0 amide bonds. The summed E-state index contributed by atoms with van der Waals surface area (Å²) in [5, 5.41) is 0.256. The number of H-pyrrole nitrogens is 1. The average Bonchev–Trinajstić information content (AvgIpc) is 2.61. The molecule has 0 saturated carbocycles. The summed E-state index contributed by atoms with van der Waals surface area (Å²) in [5.74, 6) is 0.569. The Hall–Kier alpha value is -1.68. The van der Waals surface area contributed by atoms with Crippen molar-refractivity contribution in [2.75, 3.05) is 0 Å². The van der Waals surface area contributed by atoms with Crippen LogP contribution in [0.25, 0.3) is 11.4 Å². The van der Waals surface area contributed by atoms with Crippen LogP contribution in [0.2, 0.25) is 5.15 Å². The highest BCUT2D eigenvalue weighted by Gasteiger charge is 2.08. The predicted octanol–water partition coefficient (Wildman–Crippen LogP) is 1.94. The molecule has 2 aromatic heterocycles. The quantitative estimate of drug-likeness (QED) is 0.766. The number of aldehydes is 1. The number of pyridine rings is 1. The fraction of sp³-hybridized carbons (Fsp3) is 0. The first-order valence-corrected chi connectivity index (χ1v) is 4.30. The van der Waals surface area contributed by atoms with Gasteiger partial charge in [0.25, 0.3) is 0 Å². The molecule has 0 atom stereocenters. The van der Waals surface area contributed by atoms with E-state index >= 15 is 0 Å². The molecule has 4 nitrogen and oxygen atoms in total. The zero-order valence-electron chi connectivity index (χ0n) is 7.07. The van der Waals surface area contributed by atoms with Gasteiger partial charge in [-0.25, -0.2) is 4.98 Å².